The van der Waals surface area contributed by atoms with Crippen LogP contribution < -0.4 is 10.2 Å². The van der Waals surface area contributed by atoms with E-state index in [1.54, 1.807) is 18.3 Å². The summed E-state index contributed by atoms with van der Waals surface area (Å²) in [5, 5.41) is 7.69. The smallest absolute Gasteiger partial charge is 0.254 e. The number of rotatable bonds is 7. The second-order valence-corrected chi connectivity index (χ2v) is 9.02. The predicted molar refractivity (Wildman–Crippen MR) is 126 cm³/mol. The third kappa shape index (κ3) is 5.48. The number of pyridine rings is 2. The van der Waals surface area contributed by atoms with Crippen LogP contribution in [0.2, 0.25) is 0 Å². The Morgan fingerprint density at radius 2 is 1.94 bits per heavy atom. The van der Waals surface area contributed by atoms with Gasteiger partial charge in [-0.1, -0.05) is 24.1 Å². The molecule has 168 valence electrons. The van der Waals surface area contributed by atoms with Crippen molar-refractivity contribution in [2.75, 3.05) is 18.0 Å². The summed E-state index contributed by atoms with van der Waals surface area (Å²) >= 11 is 1.51. The van der Waals surface area contributed by atoms with E-state index in [-0.39, 0.29) is 5.91 Å². The number of thioether (sulfide) groups is 1. The zero-order valence-electron chi connectivity index (χ0n) is 18.6. The second-order valence-electron chi connectivity index (χ2n) is 8.06. The number of nitrogens with zero attached hydrogens (tertiary/aromatic N) is 4. The fourth-order valence-electron chi connectivity index (χ4n) is 3.81. The Morgan fingerprint density at radius 3 is 2.62 bits per heavy atom. The number of hydrogen-bond acceptors (Lipinski definition) is 7. The Morgan fingerprint density at radius 1 is 1.12 bits per heavy atom. The van der Waals surface area contributed by atoms with Crippen molar-refractivity contribution in [1.29, 1.82) is 0 Å². The standard InChI is InChI=1S/C24H29N5O2S/c1-17-21(18(2)31-28-17)16-32-24-20(8-7-11-25-24)23(30)27-15-19-9-10-22(26-14-19)29-12-5-3-4-6-13-29/h7-11,14H,3-6,12-13,15-16H2,1-2H3,(H,27,30). The predicted octanol–water partition coefficient (Wildman–Crippen LogP) is 4.68. The van der Waals surface area contributed by atoms with E-state index in [1.165, 1.54) is 37.4 Å². The average Bonchev–Trinajstić information content (AvgIpc) is 3.00. The van der Waals surface area contributed by atoms with Crippen molar-refractivity contribution in [3.05, 3.63) is 64.8 Å². The molecule has 0 saturated carbocycles. The molecule has 0 atom stereocenters. The normalized spacial score (nSPS) is 14.2. The molecular formula is C24H29N5O2S. The molecule has 1 saturated heterocycles. The van der Waals surface area contributed by atoms with Gasteiger partial charge < -0.3 is 14.7 Å². The van der Waals surface area contributed by atoms with Gasteiger partial charge in [0.15, 0.2) is 0 Å². The number of amides is 1. The minimum atomic E-state index is -0.143. The van der Waals surface area contributed by atoms with Crippen LogP contribution in [0, 0.1) is 13.8 Å². The minimum Gasteiger partial charge on any atom is -0.361 e. The highest BCUT2D eigenvalue weighted by molar-refractivity contribution is 7.98. The summed E-state index contributed by atoms with van der Waals surface area (Å²) in [5.74, 6) is 2.33. The lowest BCUT2D eigenvalue weighted by atomic mass is 10.2. The van der Waals surface area contributed by atoms with Gasteiger partial charge in [-0.25, -0.2) is 9.97 Å². The summed E-state index contributed by atoms with van der Waals surface area (Å²) in [6.45, 7) is 6.38. The molecule has 0 unspecified atom stereocenters. The van der Waals surface area contributed by atoms with Crippen molar-refractivity contribution in [3.8, 4) is 0 Å². The monoisotopic (exact) mass is 451 g/mol. The topological polar surface area (TPSA) is 84.1 Å². The molecule has 8 heteroatoms. The van der Waals surface area contributed by atoms with Crippen molar-refractivity contribution in [3.63, 3.8) is 0 Å². The number of carbonyl (C=O) groups excluding carboxylic acids is 1. The van der Waals surface area contributed by atoms with Gasteiger partial charge in [-0.2, -0.15) is 0 Å². The SMILES string of the molecule is Cc1noc(C)c1CSc1ncccc1C(=O)NCc1ccc(N2CCCCCC2)nc1. The summed E-state index contributed by atoms with van der Waals surface area (Å²) in [6.07, 6.45) is 8.61. The maximum atomic E-state index is 12.9. The van der Waals surface area contributed by atoms with E-state index < -0.39 is 0 Å². The number of hydrogen-bond donors (Lipinski definition) is 1. The maximum Gasteiger partial charge on any atom is 0.254 e. The molecule has 32 heavy (non-hydrogen) atoms. The van der Waals surface area contributed by atoms with E-state index in [4.69, 9.17) is 4.52 Å². The van der Waals surface area contributed by atoms with Crippen LogP contribution in [-0.2, 0) is 12.3 Å². The molecule has 3 aromatic heterocycles. The number of carbonyl (C=O) groups is 1. The molecule has 0 aromatic carbocycles. The van der Waals surface area contributed by atoms with Crippen LogP contribution in [0.3, 0.4) is 0 Å². The molecule has 1 aliphatic rings. The quantitative estimate of drug-likeness (QED) is 0.522. The van der Waals surface area contributed by atoms with Gasteiger partial charge in [-0.3, -0.25) is 4.79 Å². The van der Waals surface area contributed by atoms with Crippen LogP contribution in [0.4, 0.5) is 5.82 Å². The first kappa shape index (κ1) is 22.3. The second kappa shape index (κ2) is 10.6. The molecule has 1 N–H and O–H groups in total. The van der Waals surface area contributed by atoms with E-state index in [9.17, 15) is 4.79 Å². The molecule has 3 aromatic rings. The molecule has 1 amide bonds. The van der Waals surface area contributed by atoms with Crippen molar-refractivity contribution >= 4 is 23.5 Å². The van der Waals surface area contributed by atoms with Gasteiger partial charge in [-0.05, 0) is 50.5 Å². The summed E-state index contributed by atoms with van der Waals surface area (Å²) in [4.78, 5) is 24.3. The zero-order chi connectivity index (χ0) is 22.3. The number of aromatic nitrogens is 3. The molecule has 4 heterocycles. The van der Waals surface area contributed by atoms with Gasteiger partial charge in [0, 0.05) is 43.3 Å². The van der Waals surface area contributed by atoms with Crippen LogP contribution in [0.1, 0.15) is 58.6 Å². The van der Waals surface area contributed by atoms with Gasteiger partial charge in [-0.15, -0.1) is 11.8 Å². The highest BCUT2D eigenvalue weighted by atomic mass is 32.2. The number of nitrogens with one attached hydrogen (secondary N) is 1. The fourth-order valence-corrected chi connectivity index (χ4v) is 4.96. The van der Waals surface area contributed by atoms with E-state index >= 15 is 0 Å². The van der Waals surface area contributed by atoms with Crippen molar-refractivity contribution in [2.45, 2.75) is 56.9 Å². The Labute approximate surface area is 193 Å². The fraction of sp³-hybridized carbons (Fsp3) is 0.417. The Kier molecular flexibility index (Phi) is 7.42. The molecule has 0 aliphatic carbocycles. The summed E-state index contributed by atoms with van der Waals surface area (Å²) < 4.78 is 5.23. The van der Waals surface area contributed by atoms with E-state index in [1.807, 2.05) is 26.1 Å². The lowest BCUT2D eigenvalue weighted by molar-refractivity contribution is 0.0947. The number of aryl methyl sites for hydroxylation is 2. The summed E-state index contributed by atoms with van der Waals surface area (Å²) in [7, 11) is 0. The molecule has 1 aliphatic heterocycles. The van der Waals surface area contributed by atoms with E-state index in [2.05, 4.69) is 31.4 Å². The molecule has 0 bridgehead atoms. The van der Waals surface area contributed by atoms with Crippen LogP contribution in [0.5, 0.6) is 0 Å². The van der Waals surface area contributed by atoms with E-state index in [0.29, 0.717) is 22.9 Å². The lowest BCUT2D eigenvalue weighted by Crippen LogP contribution is -2.25. The molecule has 7 nitrogen and oxygen atoms in total. The van der Waals surface area contributed by atoms with Gasteiger partial charge in [0.2, 0.25) is 0 Å². The van der Waals surface area contributed by atoms with Gasteiger partial charge in [0.25, 0.3) is 5.91 Å². The molecular weight excluding hydrogens is 422 g/mol. The third-order valence-corrected chi connectivity index (χ3v) is 6.77. The zero-order valence-corrected chi connectivity index (χ0v) is 19.5. The number of anilines is 1. The van der Waals surface area contributed by atoms with Crippen LogP contribution in [0.15, 0.2) is 46.2 Å². The Hall–Kier alpha value is -2.87. The van der Waals surface area contributed by atoms with Crippen molar-refractivity contribution in [2.24, 2.45) is 0 Å². The molecule has 0 radical (unpaired) electrons. The third-order valence-electron chi connectivity index (χ3n) is 5.74. The highest BCUT2D eigenvalue weighted by Crippen LogP contribution is 2.27. The Balaban J connectivity index is 1.36. The molecule has 1 fully saturated rings. The average molecular weight is 452 g/mol. The van der Waals surface area contributed by atoms with Crippen LogP contribution >= 0.6 is 11.8 Å². The summed E-state index contributed by atoms with van der Waals surface area (Å²) in [5.41, 5.74) is 3.46. The lowest BCUT2D eigenvalue weighted by Gasteiger charge is -2.21. The first-order valence-electron chi connectivity index (χ1n) is 11.1. The van der Waals surface area contributed by atoms with Crippen LogP contribution in [0.25, 0.3) is 0 Å². The first-order valence-corrected chi connectivity index (χ1v) is 12.1. The van der Waals surface area contributed by atoms with Crippen molar-refractivity contribution < 1.29 is 9.32 Å². The minimum absolute atomic E-state index is 0.143. The largest absolute Gasteiger partial charge is 0.361 e. The molecule has 4 rings (SSSR count). The maximum absolute atomic E-state index is 12.9. The van der Waals surface area contributed by atoms with Crippen molar-refractivity contribution in [1.82, 2.24) is 20.4 Å². The van der Waals surface area contributed by atoms with Gasteiger partial charge in [0.1, 0.15) is 16.6 Å². The van der Waals surface area contributed by atoms with Crippen LogP contribution in [-0.4, -0.2) is 34.1 Å². The Bertz CT molecular complexity index is 1020. The summed E-state index contributed by atoms with van der Waals surface area (Å²) in [6, 6.07) is 7.69. The van der Waals surface area contributed by atoms with E-state index in [0.717, 1.165) is 41.5 Å². The first-order chi connectivity index (χ1) is 15.6. The highest BCUT2D eigenvalue weighted by Gasteiger charge is 2.16. The molecule has 0 spiro atoms. The van der Waals surface area contributed by atoms with Gasteiger partial charge >= 0.3 is 0 Å². The van der Waals surface area contributed by atoms with Gasteiger partial charge in [0.05, 0.1) is 11.3 Å².